The Balaban J connectivity index is 1.77. The molecule has 18 heavy (non-hydrogen) atoms. The van der Waals surface area contributed by atoms with E-state index in [1.165, 1.54) is 0 Å². The summed E-state index contributed by atoms with van der Waals surface area (Å²) >= 11 is 0. The maximum Gasteiger partial charge on any atom is 0.227 e. The number of hydrogen-bond donors (Lipinski definition) is 1. The van der Waals surface area contributed by atoms with Crippen molar-refractivity contribution in [3.63, 3.8) is 0 Å². The van der Waals surface area contributed by atoms with Crippen molar-refractivity contribution in [2.45, 2.75) is 19.4 Å². The largest absolute Gasteiger partial charge is 0.472 e. The Hall–Kier alpha value is -1.33. The summed E-state index contributed by atoms with van der Waals surface area (Å²) in [6, 6.07) is 1.82. The number of hydrogen-bond acceptors (Lipinski definition) is 4. The first-order chi connectivity index (χ1) is 8.65. The zero-order valence-corrected chi connectivity index (χ0v) is 10.7. The molecule has 1 saturated heterocycles. The molecule has 0 spiro atoms. The molecule has 1 aromatic rings. The lowest BCUT2D eigenvalue weighted by molar-refractivity contribution is -0.132. The van der Waals surface area contributed by atoms with Gasteiger partial charge < -0.3 is 14.4 Å². The van der Waals surface area contributed by atoms with Crippen LogP contribution in [0.2, 0.25) is 0 Å². The van der Waals surface area contributed by atoms with E-state index in [9.17, 15) is 9.90 Å². The van der Waals surface area contributed by atoms with E-state index in [0.717, 1.165) is 31.7 Å². The van der Waals surface area contributed by atoms with E-state index in [2.05, 4.69) is 4.90 Å². The monoisotopic (exact) mass is 252 g/mol. The molecule has 1 aliphatic heterocycles. The van der Waals surface area contributed by atoms with Crippen LogP contribution in [0.25, 0.3) is 0 Å². The van der Waals surface area contributed by atoms with Gasteiger partial charge in [-0.25, -0.2) is 0 Å². The molecule has 2 heterocycles. The van der Waals surface area contributed by atoms with E-state index in [1.807, 2.05) is 11.0 Å². The summed E-state index contributed by atoms with van der Waals surface area (Å²) in [4.78, 5) is 16.1. The van der Waals surface area contributed by atoms with Crippen LogP contribution in [-0.2, 0) is 11.2 Å². The molecule has 1 amide bonds. The normalized spacial score (nSPS) is 18.9. The van der Waals surface area contributed by atoms with Crippen LogP contribution in [0.4, 0.5) is 0 Å². The molecule has 0 aliphatic carbocycles. The fourth-order valence-electron chi connectivity index (χ4n) is 2.23. The highest BCUT2D eigenvalue weighted by Crippen LogP contribution is 2.07. The van der Waals surface area contributed by atoms with Gasteiger partial charge in [-0.3, -0.25) is 9.69 Å². The first-order valence-electron chi connectivity index (χ1n) is 6.34. The Morgan fingerprint density at radius 3 is 2.72 bits per heavy atom. The van der Waals surface area contributed by atoms with Crippen LogP contribution in [0.5, 0.6) is 0 Å². The average Bonchev–Trinajstić information content (AvgIpc) is 2.82. The predicted molar refractivity (Wildman–Crippen MR) is 67.1 cm³/mol. The number of carbonyl (C=O) groups excluding carboxylic acids is 1. The summed E-state index contributed by atoms with van der Waals surface area (Å²) in [5, 5.41) is 9.32. The maximum absolute atomic E-state index is 12.0. The Bertz CT molecular complexity index is 368. The van der Waals surface area contributed by atoms with Crippen molar-refractivity contribution in [2.75, 3.05) is 32.7 Å². The van der Waals surface area contributed by atoms with Crippen LogP contribution in [0.1, 0.15) is 12.5 Å². The van der Waals surface area contributed by atoms with Crippen LogP contribution in [-0.4, -0.2) is 59.6 Å². The molecule has 0 bridgehead atoms. The molecule has 1 aromatic heterocycles. The quantitative estimate of drug-likeness (QED) is 0.840. The topological polar surface area (TPSA) is 56.9 Å². The lowest BCUT2D eigenvalue weighted by atomic mass is 10.2. The zero-order chi connectivity index (χ0) is 13.0. The minimum atomic E-state index is -0.307. The summed E-state index contributed by atoms with van der Waals surface area (Å²) in [6.45, 7) is 5.62. The Labute approximate surface area is 107 Å². The van der Waals surface area contributed by atoms with Crippen molar-refractivity contribution in [3.05, 3.63) is 24.2 Å². The van der Waals surface area contributed by atoms with Gasteiger partial charge >= 0.3 is 0 Å². The number of aliphatic hydroxyl groups is 1. The second kappa shape index (κ2) is 6.02. The molecule has 0 unspecified atom stereocenters. The maximum atomic E-state index is 12.0. The number of carbonyl (C=O) groups is 1. The Kier molecular flexibility index (Phi) is 4.38. The molecule has 1 atom stereocenters. The van der Waals surface area contributed by atoms with Gasteiger partial charge in [0, 0.05) is 32.7 Å². The smallest absolute Gasteiger partial charge is 0.227 e. The van der Waals surface area contributed by atoms with Gasteiger partial charge in [0.05, 0.1) is 25.1 Å². The second-order valence-corrected chi connectivity index (χ2v) is 4.84. The van der Waals surface area contributed by atoms with Crippen LogP contribution < -0.4 is 0 Å². The van der Waals surface area contributed by atoms with Gasteiger partial charge in [0.15, 0.2) is 0 Å². The zero-order valence-electron chi connectivity index (χ0n) is 10.7. The highest BCUT2D eigenvalue weighted by Gasteiger charge is 2.21. The molecule has 0 saturated carbocycles. The van der Waals surface area contributed by atoms with E-state index in [4.69, 9.17) is 4.42 Å². The minimum absolute atomic E-state index is 0.146. The first kappa shape index (κ1) is 13.1. The van der Waals surface area contributed by atoms with Crippen molar-refractivity contribution >= 4 is 5.91 Å². The molecule has 2 rings (SSSR count). The SMILES string of the molecule is C[C@H](O)CN1CCN(C(=O)Cc2ccoc2)CC1. The third-order valence-electron chi connectivity index (χ3n) is 3.18. The summed E-state index contributed by atoms with van der Waals surface area (Å²) in [5.74, 6) is 0.146. The Morgan fingerprint density at radius 1 is 1.44 bits per heavy atom. The number of nitrogens with zero attached hydrogens (tertiary/aromatic N) is 2. The third-order valence-corrected chi connectivity index (χ3v) is 3.18. The van der Waals surface area contributed by atoms with Gasteiger partial charge in [0.25, 0.3) is 0 Å². The summed E-state index contributed by atoms with van der Waals surface area (Å²) in [6.07, 6.45) is 3.30. The molecular weight excluding hydrogens is 232 g/mol. The molecule has 0 radical (unpaired) electrons. The van der Waals surface area contributed by atoms with Crippen molar-refractivity contribution in [1.82, 2.24) is 9.80 Å². The van der Waals surface area contributed by atoms with Crippen molar-refractivity contribution in [2.24, 2.45) is 0 Å². The lowest BCUT2D eigenvalue weighted by Gasteiger charge is -2.35. The molecule has 1 fully saturated rings. The molecule has 1 N–H and O–H groups in total. The molecule has 100 valence electrons. The molecular formula is C13H20N2O3. The number of furan rings is 1. The number of β-amino-alcohol motifs (C(OH)–C–C–N with tert-alkyl or cyclic N) is 1. The fraction of sp³-hybridized carbons (Fsp3) is 0.615. The van der Waals surface area contributed by atoms with Gasteiger partial charge in [-0.15, -0.1) is 0 Å². The summed E-state index contributed by atoms with van der Waals surface area (Å²) < 4.78 is 4.96. The average molecular weight is 252 g/mol. The van der Waals surface area contributed by atoms with Gasteiger partial charge in [0.1, 0.15) is 0 Å². The minimum Gasteiger partial charge on any atom is -0.472 e. The van der Waals surface area contributed by atoms with Gasteiger partial charge in [-0.05, 0) is 18.6 Å². The predicted octanol–water partition coefficient (Wildman–Crippen LogP) is 0.347. The second-order valence-electron chi connectivity index (χ2n) is 4.84. The van der Waals surface area contributed by atoms with Gasteiger partial charge in [0.2, 0.25) is 5.91 Å². The van der Waals surface area contributed by atoms with Crippen molar-refractivity contribution < 1.29 is 14.3 Å². The molecule has 0 aromatic carbocycles. The van der Waals surface area contributed by atoms with Crippen LogP contribution >= 0.6 is 0 Å². The third kappa shape index (κ3) is 3.58. The highest BCUT2D eigenvalue weighted by atomic mass is 16.3. The van der Waals surface area contributed by atoms with Crippen molar-refractivity contribution in [3.8, 4) is 0 Å². The number of aliphatic hydroxyl groups excluding tert-OH is 1. The molecule has 5 heteroatoms. The fourth-order valence-corrected chi connectivity index (χ4v) is 2.23. The number of rotatable bonds is 4. The van der Waals surface area contributed by atoms with E-state index < -0.39 is 0 Å². The van der Waals surface area contributed by atoms with Gasteiger partial charge in [-0.1, -0.05) is 0 Å². The van der Waals surface area contributed by atoms with Crippen molar-refractivity contribution in [1.29, 1.82) is 0 Å². The van der Waals surface area contributed by atoms with E-state index in [1.54, 1.807) is 19.5 Å². The highest BCUT2D eigenvalue weighted by molar-refractivity contribution is 5.78. The molecule has 5 nitrogen and oxygen atoms in total. The van der Waals surface area contributed by atoms with E-state index in [0.29, 0.717) is 13.0 Å². The Morgan fingerprint density at radius 2 is 2.17 bits per heavy atom. The van der Waals surface area contributed by atoms with Crippen LogP contribution in [0.15, 0.2) is 23.0 Å². The standard InChI is InChI=1S/C13H20N2O3/c1-11(16)9-14-3-5-15(6-4-14)13(17)8-12-2-7-18-10-12/h2,7,10-11,16H,3-6,8-9H2,1H3/t11-/m0/s1. The van der Waals surface area contributed by atoms with Gasteiger partial charge in [-0.2, -0.15) is 0 Å². The van der Waals surface area contributed by atoms with E-state index in [-0.39, 0.29) is 12.0 Å². The molecule has 1 aliphatic rings. The van der Waals surface area contributed by atoms with E-state index >= 15 is 0 Å². The summed E-state index contributed by atoms with van der Waals surface area (Å²) in [7, 11) is 0. The van der Waals surface area contributed by atoms with Crippen LogP contribution in [0.3, 0.4) is 0 Å². The first-order valence-corrected chi connectivity index (χ1v) is 6.34. The van der Waals surface area contributed by atoms with Crippen LogP contribution in [0, 0.1) is 0 Å². The number of piperazine rings is 1. The summed E-state index contributed by atoms with van der Waals surface area (Å²) in [5.41, 5.74) is 0.923. The number of amides is 1. The lowest BCUT2D eigenvalue weighted by Crippen LogP contribution is -2.50.